The Bertz CT molecular complexity index is 1390. The van der Waals surface area contributed by atoms with Gasteiger partial charge >= 0.3 is 23.9 Å². The number of allylic oxidation sites excluding steroid dienone is 1. The van der Waals surface area contributed by atoms with Gasteiger partial charge in [-0.05, 0) is 56.1 Å². The lowest BCUT2D eigenvalue weighted by Crippen LogP contribution is -2.74. The van der Waals surface area contributed by atoms with Crippen LogP contribution in [0.2, 0.25) is 0 Å². The van der Waals surface area contributed by atoms with E-state index in [4.69, 9.17) is 23.4 Å². The molecule has 0 radical (unpaired) electrons. The van der Waals surface area contributed by atoms with E-state index >= 15 is 0 Å². The number of furan rings is 1. The van der Waals surface area contributed by atoms with Crippen LogP contribution in [0.4, 0.5) is 0 Å². The normalized spacial score (nSPS) is 37.8. The van der Waals surface area contributed by atoms with E-state index in [9.17, 15) is 29.1 Å². The van der Waals surface area contributed by atoms with E-state index in [1.807, 2.05) is 6.92 Å². The molecule has 1 aromatic heterocycles. The van der Waals surface area contributed by atoms with E-state index in [-0.39, 0.29) is 19.6 Å². The van der Waals surface area contributed by atoms with Crippen molar-refractivity contribution in [3.8, 4) is 0 Å². The van der Waals surface area contributed by atoms with Gasteiger partial charge in [-0.25, -0.2) is 0 Å². The molecule has 3 aliphatic carbocycles. The van der Waals surface area contributed by atoms with Crippen molar-refractivity contribution in [2.24, 2.45) is 45.8 Å². The molecule has 0 unspecified atom stereocenters. The lowest BCUT2D eigenvalue weighted by atomic mass is 9.36. The van der Waals surface area contributed by atoms with Crippen LogP contribution in [0.5, 0.6) is 0 Å². The molecular formula is C33H42O11. The van der Waals surface area contributed by atoms with Crippen LogP contribution in [0.3, 0.4) is 0 Å². The number of carbonyl (C=O) groups is 5. The van der Waals surface area contributed by atoms with Crippen molar-refractivity contribution in [3.63, 3.8) is 0 Å². The summed E-state index contributed by atoms with van der Waals surface area (Å²) in [6, 6.07) is 1.75. The van der Waals surface area contributed by atoms with Gasteiger partial charge in [0.2, 0.25) is 0 Å². The highest BCUT2D eigenvalue weighted by Gasteiger charge is 2.76. The van der Waals surface area contributed by atoms with E-state index in [0.717, 1.165) is 7.11 Å². The summed E-state index contributed by atoms with van der Waals surface area (Å²) in [5, 5.41) is 12.5. The van der Waals surface area contributed by atoms with Gasteiger partial charge < -0.3 is 28.5 Å². The molecule has 5 rings (SSSR count). The molecule has 240 valence electrons. The Morgan fingerprint density at radius 1 is 1.05 bits per heavy atom. The first-order valence-electron chi connectivity index (χ1n) is 15.3. The number of Topliss-reactive ketones (excluding diaryl/α,β-unsaturated/α-hetero) is 1. The number of ether oxygens (including phenoxy) is 4. The number of carbonyl (C=O) groups excluding carboxylic acids is 5. The molecule has 0 amide bonds. The topological polar surface area (TPSA) is 156 Å². The third-order valence-corrected chi connectivity index (χ3v) is 11.1. The third-order valence-electron chi connectivity index (χ3n) is 11.1. The van der Waals surface area contributed by atoms with Crippen LogP contribution in [0.15, 0.2) is 34.7 Å². The van der Waals surface area contributed by atoms with Gasteiger partial charge in [0.15, 0.2) is 17.3 Å². The van der Waals surface area contributed by atoms with E-state index in [0.29, 0.717) is 24.0 Å². The number of fused-ring (bicyclic) bond motifs is 6. The van der Waals surface area contributed by atoms with Gasteiger partial charge in [0, 0.05) is 22.3 Å². The van der Waals surface area contributed by atoms with Crippen LogP contribution in [-0.2, 0) is 42.9 Å². The summed E-state index contributed by atoms with van der Waals surface area (Å²) in [5.41, 5.74) is -4.54. The smallest absolute Gasteiger partial charge is 0.320 e. The highest BCUT2D eigenvalue weighted by atomic mass is 16.6. The number of aliphatic hydroxyl groups is 1. The number of methoxy groups -OCH3 is 1. The molecule has 2 bridgehead atoms. The fraction of sp³-hybridized carbons (Fsp3) is 0.667. The highest BCUT2D eigenvalue weighted by molar-refractivity contribution is 6.04. The van der Waals surface area contributed by atoms with Gasteiger partial charge in [-0.15, -0.1) is 0 Å². The van der Waals surface area contributed by atoms with Crippen molar-refractivity contribution < 1.29 is 52.4 Å². The molecule has 9 atom stereocenters. The second kappa shape index (κ2) is 10.9. The molecule has 11 heteroatoms. The van der Waals surface area contributed by atoms with Crippen LogP contribution >= 0.6 is 0 Å². The molecule has 3 fully saturated rings. The molecule has 11 nitrogen and oxygen atoms in total. The molecule has 1 aromatic rings. The molecule has 44 heavy (non-hydrogen) atoms. The van der Waals surface area contributed by atoms with Crippen LogP contribution in [0.1, 0.15) is 72.5 Å². The molecule has 1 saturated heterocycles. The van der Waals surface area contributed by atoms with E-state index in [2.05, 4.69) is 0 Å². The zero-order chi connectivity index (χ0) is 32.4. The number of esters is 4. The van der Waals surface area contributed by atoms with Gasteiger partial charge in [0.1, 0.15) is 12.0 Å². The number of hydrogen-bond acceptors (Lipinski definition) is 11. The molecular weight excluding hydrogens is 572 g/mol. The molecule has 0 spiro atoms. The maximum atomic E-state index is 14.8. The average Bonchev–Trinajstić information content (AvgIpc) is 3.48. The molecule has 1 aliphatic heterocycles. The van der Waals surface area contributed by atoms with E-state index in [1.54, 1.807) is 40.7 Å². The number of cyclic esters (lactones) is 1. The Morgan fingerprint density at radius 3 is 2.32 bits per heavy atom. The largest absolute Gasteiger partial charge is 0.472 e. The van der Waals surface area contributed by atoms with Gasteiger partial charge in [-0.1, -0.05) is 33.3 Å². The van der Waals surface area contributed by atoms with Gasteiger partial charge in [0.05, 0.1) is 39.3 Å². The second-order valence-corrected chi connectivity index (χ2v) is 13.6. The Morgan fingerprint density at radius 2 is 1.73 bits per heavy atom. The van der Waals surface area contributed by atoms with Crippen molar-refractivity contribution in [2.45, 2.75) is 72.5 Å². The molecule has 4 aliphatic rings. The minimum atomic E-state index is -2.34. The SMILES string of the molecule is CCOC(=O)[C@@H](C(=O)OC)[C@H]1C(C)(C)[C@H](C(=O)OCC)[C@]2(O)C=C3[C@@H]4CC(=O)O[C@@H](c5ccoc5)[C@]4(C)CC[C@@H]3[C@@]1(C)C2=O. The van der Waals surface area contributed by atoms with E-state index < -0.39 is 87.2 Å². The monoisotopic (exact) mass is 614 g/mol. The molecule has 1 N–H and O–H groups in total. The zero-order valence-corrected chi connectivity index (χ0v) is 26.3. The number of rotatable bonds is 7. The van der Waals surface area contributed by atoms with Crippen molar-refractivity contribution in [1.29, 1.82) is 0 Å². The quantitative estimate of drug-likeness (QED) is 0.207. The summed E-state index contributed by atoms with van der Waals surface area (Å²) >= 11 is 0. The van der Waals surface area contributed by atoms with Crippen molar-refractivity contribution in [3.05, 3.63) is 35.8 Å². The van der Waals surface area contributed by atoms with Crippen molar-refractivity contribution >= 4 is 29.7 Å². The summed E-state index contributed by atoms with van der Waals surface area (Å²) in [5.74, 6) is -8.98. The summed E-state index contributed by atoms with van der Waals surface area (Å²) in [4.78, 5) is 68.7. The van der Waals surface area contributed by atoms with Crippen LogP contribution < -0.4 is 0 Å². The first-order valence-corrected chi connectivity index (χ1v) is 15.3. The molecule has 2 saturated carbocycles. The summed E-state index contributed by atoms with van der Waals surface area (Å²) in [6.45, 7) is 10.2. The first-order chi connectivity index (χ1) is 20.6. The lowest BCUT2D eigenvalue weighted by Gasteiger charge is -2.66. The average molecular weight is 615 g/mol. The van der Waals surface area contributed by atoms with Crippen LogP contribution in [-0.4, -0.2) is 60.7 Å². The third kappa shape index (κ3) is 4.29. The lowest BCUT2D eigenvalue weighted by molar-refractivity contribution is -0.218. The fourth-order valence-corrected chi connectivity index (χ4v) is 9.50. The number of hydrogen-bond donors (Lipinski definition) is 1. The second-order valence-electron chi connectivity index (χ2n) is 13.6. The van der Waals surface area contributed by atoms with Crippen LogP contribution in [0.25, 0.3) is 0 Å². The first kappa shape index (κ1) is 31.9. The Balaban J connectivity index is 1.77. The molecule has 0 aromatic carbocycles. The summed E-state index contributed by atoms with van der Waals surface area (Å²) in [7, 11) is 1.15. The van der Waals surface area contributed by atoms with E-state index in [1.165, 1.54) is 18.6 Å². The minimum Gasteiger partial charge on any atom is -0.472 e. The summed E-state index contributed by atoms with van der Waals surface area (Å²) in [6.07, 6.45) is 4.82. The molecule has 2 heterocycles. The minimum absolute atomic E-state index is 0.00995. The number of ketones is 1. The van der Waals surface area contributed by atoms with Crippen LogP contribution in [0, 0.1) is 45.8 Å². The Kier molecular flexibility index (Phi) is 7.88. The Labute approximate surface area is 256 Å². The predicted octanol–water partition coefficient (Wildman–Crippen LogP) is 3.73. The maximum Gasteiger partial charge on any atom is 0.320 e. The Hall–Kier alpha value is -3.47. The fourth-order valence-electron chi connectivity index (χ4n) is 9.50. The van der Waals surface area contributed by atoms with Gasteiger partial charge in [-0.2, -0.15) is 0 Å². The van der Waals surface area contributed by atoms with Gasteiger partial charge in [0.25, 0.3) is 0 Å². The van der Waals surface area contributed by atoms with Crippen molar-refractivity contribution in [2.75, 3.05) is 20.3 Å². The zero-order valence-electron chi connectivity index (χ0n) is 26.3. The summed E-state index contributed by atoms with van der Waals surface area (Å²) < 4.78 is 27.1. The maximum absolute atomic E-state index is 14.8. The van der Waals surface area contributed by atoms with Gasteiger partial charge in [-0.3, -0.25) is 24.0 Å². The highest BCUT2D eigenvalue weighted by Crippen LogP contribution is 2.70. The standard InChI is InChI=1S/C33H42O11/c1-8-42-27(36)22(26(35)40-7)23-30(3,4)24(28(37)43-9-2)33(39)15-18-19(32(23,6)29(33)38)10-12-31(5)20(18)14-21(34)44-25(31)17-11-13-41-16-17/h11,13,15-16,19-20,22-25,39H,8-10,12,14H2,1-7H3/t19-,20-,22+,23-,24-,25-,31+,32+,33+/m0/s1. The van der Waals surface area contributed by atoms with Crippen molar-refractivity contribution in [1.82, 2.24) is 0 Å². The predicted molar refractivity (Wildman–Crippen MR) is 152 cm³/mol.